The van der Waals surface area contributed by atoms with Gasteiger partial charge in [-0.15, -0.1) is 0 Å². The standard InChI is InChI=1S/C34H43N8O10P/c1-40-28-13-10-24(19-27(28)38-30(40)20-37-25-11-8-23(9-12-25)32(35)39-34(46)47)33(45)41(29-7-5-6-15-36-29)16-14-31(44)50-21-26(43)22-52-53(48,49)51-18-17-42(2,3)4/h5-13,15,19,26,43H,14,16-18,20-22H2,1-4H3,(H4-,35,37,39,46,47,48,49). The number of pyridine rings is 1. The van der Waals surface area contributed by atoms with Crippen molar-refractivity contribution < 1.29 is 52.3 Å². The molecule has 2 unspecified atom stereocenters. The third-order valence-electron chi connectivity index (χ3n) is 7.65. The van der Waals surface area contributed by atoms with Crippen molar-refractivity contribution in [3.8, 4) is 0 Å². The Kier molecular flexibility index (Phi) is 13.8. The molecule has 0 radical (unpaired) electrons. The number of carbonyl (C=O) groups excluding carboxylic acids is 2. The molecular formula is C34H43N8O10P. The Labute approximate surface area is 305 Å². The molecule has 0 spiro atoms. The van der Waals surface area contributed by atoms with Crippen molar-refractivity contribution in [1.29, 1.82) is 0 Å². The molecular weight excluding hydrogens is 711 g/mol. The number of nitrogens with zero attached hydrogens (tertiary/aromatic N) is 6. The Hall–Kier alpha value is -5.23. The van der Waals surface area contributed by atoms with Crippen LogP contribution in [0.2, 0.25) is 0 Å². The van der Waals surface area contributed by atoms with Gasteiger partial charge in [0.25, 0.3) is 13.7 Å². The number of benzene rings is 2. The summed E-state index contributed by atoms with van der Waals surface area (Å²) >= 11 is 0. The molecule has 53 heavy (non-hydrogen) atoms. The number of aromatic nitrogens is 3. The van der Waals surface area contributed by atoms with E-state index in [2.05, 4.69) is 15.3 Å². The zero-order valence-corrected chi connectivity index (χ0v) is 30.6. The predicted octanol–water partition coefficient (Wildman–Crippen LogP) is 2.11. The molecule has 2 aromatic carbocycles. The SMILES string of the molecule is Cn1c(CNc2ccc(/C(N)=N/C(=O)O)cc2)nc2cc(C(=O)N(CCC(=O)OCC(O)COP(=O)([O-])OCC[N+](C)(C)C)c3ccccn3)ccc21. The van der Waals surface area contributed by atoms with Crippen LogP contribution >= 0.6 is 7.82 Å². The van der Waals surface area contributed by atoms with Crippen molar-refractivity contribution in [3.63, 3.8) is 0 Å². The first-order valence-corrected chi connectivity index (χ1v) is 17.8. The number of fused-ring (bicyclic) bond motifs is 1. The number of anilines is 2. The topological polar surface area (TPSA) is 244 Å². The number of quaternary nitrogens is 1. The van der Waals surface area contributed by atoms with Gasteiger partial charge in [0.15, 0.2) is 0 Å². The van der Waals surface area contributed by atoms with Gasteiger partial charge in [0.05, 0.1) is 51.7 Å². The molecule has 0 fully saturated rings. The molecule has 19 heteroatoms. The van der Waals surface area contributed by atoms with Gasteiger partial charge >= 0.3 is 12.1 Å². The van der Waals surface area contributed by atoms with Gasteiger partial charge in [0.1, 0.15) is 43.3 Å². The van der Waals surface area contributed by atoms with Gasteiger partial charge < -0.3 is 49.0 Å². The molecule has 0 saturated carbocycles. The fraction of sp³-hybridized carbons (Fsp3) is 0.353. The predicted molar refractivity (Wildman–Crippen MR) is 193 cm³/mol. The molecule has 2 amide bonds. The molecule has 4 aromatic rings. The number of phosphoric ester groups is 1. The van der Waals surface area contributed by atoms with Gasteiger partial charge in [-0.3, -0.25) is 19.1 Å². The number of nitrogens with two attached hydrogens (primary N) is 1. The van der Waals surface area contributed by atoms with Crippen LogP contribution in [-0.2, 0) is 36.7 Å². The number of aliphatic imine (C=N–C) groups is 1. The number of aliphatic hydroxyl groups is 1. The Bertz CT molecular complexity index is 1970. The minimum Gasteiger partial charge on any atom is -0.756 e. The number of carboxylic acid groups (broad SMARTS) is 1. The maximum Gasteiger partial charge on any atom is 0.433 e. The molecule has 2 aromatic heterocycles. The van der Waals surface area contributed by atoms with E-state index in [4.69, 9.17) is 29.6 Å². The molecule has 284 valence electrons. The van der Waals surface area contributed by atoms with E-state index in [0.29, 0.717) is 45.9 Å². The van der Waals surface area contributed by atoms with Gasteiger partial charge in [0, 0.05) is 36.6 Å². The van der Waals surface area contributed by atoms with E-state index in [1.807, 2.05) is 32.8 Å². The van der Waals surface area contributed by atoms with Crippen LogP contribution in [0, 0.1) is 0 Å². The van der Waals surface area contributed by atoms with Crippen LogP contribution < -0.4 is 20.8 Å². The second-order valence-corrected chi connectivity index (χ2v) is 14.2. The molecule has 2 atom stereocenters. The normalized spacial score (nSPS) is 13.7. The van der Waals surface area contributed by atoms with Crippen LogP contribution in [0.4, 0.5) is 16.3 Å². The monoisotopic (exact) mass is 754 g/mol. The number of carbonyl (C=O) groups is 3. The highest BCUT2D eigenvalue weighted by Gasteiger charge is 2.23. The number of ether oxygens (including phenoxy) is 1. The molecule has 0 aliphatic heterocycles. The summed E-state index contributed by atoms with van der Waals surface area (Å²) in [6, 6.07) is 16.8. The Morgan fingerprint density at radius 2 is 1.79 bits per heavy atom. The summed E-state index contributed by atoms with van der Waals surface area (Å²) in [5, 5.41) is 22.2. The van der Waals surface area contributed by atoms with Crippen LogP contribution in [0.1, 0.15) is 28.2 Å². The summed E-state index contributed by atoms with van der Waals surface area (Å²) in [5.41, 5.74) is 8.52. The number of amides is 2. The van der Waals surface area contributed by atoms with Crippen molar-refractivity contribution >= 4 is 54.2 Å². The van der Waals surface area contributed by atoms with E-state index < -0.39 is 45.1 Å². The van der Waals surface area contributed by atoms with E-state index >= 15 is 0 Å². The van der Waals surface area contributed by atoms with Crippen LogP contribution in [0.25, 0.3) is 11.0 Å². The first kappa shape index (κ1) is 40.5. The van der Waals surface area contributed by atoms with Crippen LogP contribution in [0.5, 0.6) is 0 Å². The van der Waals surface area contributed by atoms with E-state index in [-0.39, 0.29) is 25.4 Å². The van der Waals surface area contributed by atoms with Gasteiger partial charge in [-0.05, 0) is 54.6 Å². The van der Waals surface area contributed by atoms with Crippen molar-refractivity contribution in [2.24, 2.45) is 17.8 Å². The fourth-order valence-electron chi connectivity index (χ4n) is 4.79. The molecule has 0 saturated heterocycles. The summed E-state index contributed by atoms with van der Waals surface area (Å²) < 4.78 is 28.9. The van der Waals surface area contributed by atoms with Crippen molar-refractivity contribution in [2.75, 3.05) is 64.3 Å². The molecule has 4 rings (SSSR count). The lowest BCUT2D eigenvalue weighted by molar-refractivity contribution is -0.870. The number of amidine groups is 1. The quantitative estimate of drug-likeness (QED) is 0.0374. The summed E-state index contributed by atoms with van der Waals surface area (Å²) in [6.45, 7) is -0.672. The van der Waals surface area contributed by atoms with Crippen LogP contribution in [0.3, 0.4) is 0 Å². The Balaban J connectivity index is 1.36. The first-order valence-electron chi connectivity index (χ1n) is 16.4. The lowest BCUT2D eigenvalue weighted by Gasteiger charge is -2.27. The Morgan fingerprint density at radius 3 is 2.45 bits per heavy atom. The maximum atomic E-state index is 13.8. The van der Waals surface area contributed by atoms with Crippen molar-refractivity contribution in [2.45, 2.75) is 19.1 Å². The van der Waals surface area contributed by atoms with E-state index in [1.165, 1.54) is 11.1 Å². The van der Waals surface area contributed by atoms with Gasteiger partial charge in [-0.2, -0.15) is 4.99 Å². The van der Waals surface area contributed by atoms with Gasteiger partial charge in [-0.25, -0.2) is 14.8 Å². The van der Waals surface area contributed by atoms with Gasteiger partial charge in [0.2, 0.25) is 0 Å². The number of likely N-dealkylation sites (N-methyl/N-ethyl adjacent to an activating group) is 1. The third-order valence-corrected chi connectivity index (χ3v) is 8.62. The zero-order valence-electron chi connectivity index (χ0n) is 29.7. The van der Waals surface area contributed by atoms with Crippen molar-refractivity contribution in [1.82, 2.24) is 14.5 Å². The highest BCUT2D eigenvalue weighted by atomic mass is 31.2. The van der Waals surface area contributed by atoms with Crippen LogP contribution in [0.15, 0.2) is 71.9 Å². The molecule has 0 bridgehead atoms. The fourth-order valence-corrected chi connectivity index (χ4v) is 5.53. The number of phosphoric acid groups is 1. The molecule has 2 heterocycles. The van der Waals surface area contributed by atoms with E-state index in [9.17, 15) is 28.9 Å². The summed E-state index contributed by atoms with van der Waals surface area (Å²) in [7, 11) is 2.79. The molecule has 5 N–H and O–H groups in total. The minimum absolute atomic E-state index is 0.0981. The second kappa shape index (κ2) is 18.0. The number of imidazole rings is 1. The third kappa shape index (κ3) is 12.5. The lowest BCUT2D eigenvalue weighted by Crippen LogP contribution is -2.37. The largest absolute Gasteiger partial charge is 0.756 e. The number of hydrogen-bond acceptors (Lipinski definition) is 12. The summed E-state index contributed by atoms with van der Waals surface area (Å²) in [6.07, 6.45) is -1.57. The number of aryl methyl sites for hydroxylation is 1. The van der Waals surface area contributed by atoms with Crippen molar-refractivity contribution in [3.05, 3.63) is 83.8 Å². The van der Waals surface area contributed by atoms with Gasteiger partial charge in [-0.1, -0.05) is 6.07 Å². The first-order chi connectivity index (χ1) is 25.0. The summed E-state index contributed by atoms with van der Waals surface area (Å²) in [4.78, 5) is 62.8. The highest BCUT2D eigenvalue weighted by molar-refractivity contribution is 7.45. The molecule has 0 aliphatic rings. The number of aliphatic hydroxyl groups excluding tert-OH is 1. The number of rotatable bonds is 18. The average Bonchev–Trinajstić information content (AvgIpc) is 3.42. The second-order valence-electron chi connectivity index (χ2n) is 12.8. The minimum atomic E-state index is -4.66. The van der Waals surface area contributed by atoms with Crippen LogP contribution in [-0.4, -0.2) is 113 Å². The van der Waals surface area contributed by atoms with E-state index in [0.717, 1.165) is 11.2 Å². The molecule has 18 nitrogen and oxygen atoms in total. The highest BCUT2D eigenvalue weighted by Crippen LogP contribution is 2.38. The Morgan fingerprint density at radius 1 is 1.08 bits per heavy atom. The lowest BCUT2D eigenvalue weighted by atomic mass is 10.1. The summed E-state index contributed by atoms with van der Waals surface area (Å²) in [5.74, 6) is -0.339. The van der Waals surface area contributed by atoms with E-state index in [1.54, 1.807) is 60.7 Å². The smallest absolute Gasteiger partial charge is 0.433 e. The average molecular weight is 755 g/mol. The maximum absolute atomic E-state index is 13.8. The molecule has 0 aliphatic carbocycles. The zero-order chi connectivity index (χ0) is 38.8. The number of nitrogens with one attached hydrogen (secondary N) is 1. The number of esters is 1. The number of hydrogen-bond donors (Lipinski definition) is 4.